The van der Waals surface area contributed by atoms with E-state index < -0.39 is 16.1 Å². The monoisotopic (exact) mass is 545 g/mol. The van der Waals surface area contributed by atoms with Gasteiger partial charge >= 0.3 is 6.09 Å². The number of imidazole rings is 1. The molecule has 1 aromatic carbocycles. The lowest BCUT2D eigenvalue weighted by Gasteiger charge is -2.10. The summed E-state index contributed by atoms with van der Waals surface area (Å²) in [5, 5.41) is 0. The van der Waals surface area contributed by atoms with Gasteiger partial charge in [0.25, 0.3) is 10.0 Å². The fourth-order valence-electron chi connectivity index (χ4n) is 3.86. The number of thiophene rings is 1. The number of amides is 1. The van der Waals surface area contributed by atoms with Crippen molar-refractivity contribution in [3.63, 3.8) is 0 Å². The molecule has 0 aliphatic heterocycles. The number of benzene rings is 1. The fourth-order valence-corrected chi connectivity index (χ4v) is 6.70. The Morgan fingerprint density at radius 2 is 1.95 bits per heavy atom. The van der Waals surface area contributed by atoms with E-state index in [1.165, 1.54) is 0 Å². The molecule has 2 heterocycles. The highest BCUT2D eigenvalue weighted by Gasteiger charge is 2.26. The van der Waals surface area contributed by atoms with Crippen molar-refractivity contribution in [2.45, 2.75) is 70.6 Å². The molecule has 8 nitrogen and oxygen atoms in total. The van der Waals surface area contributed by atoms with E-state index >= 15 is 0 Å². The number of Topliss-reactive ketones (excluding diaryl/α,β-unsaturated/α-hetero) is 1. The number of rotatable bonds is 13. The van der Waals surface area contributed by atoms with Gasteiger partial charge in [0.1, 0.15) is 10.0 Å². The SMILES string of the molecule is CCCCOC(=O)NS(=O)(=O)c1sc(CC(C)C)cc1-c1cccc(C(=O)Cn2ccnc2CCC)c1. The summed E-state index contributed by atoms with van der Waals surface area (Å²) >= 11 is 1.13. The molecule has 1 N–H and O–H groups in total. The Bertz CT molecular complexity index is 1330. The number of ketones is 1. The maximum atomic E-state index is 13.2. The Morgan fingerprint density at radius 1 is 1.16 bits per heavy atom. The highest BCUT2D eigenvalue weighted by molar-refractivity contribution is 7.92. The summed E-state index contributed by atoms with van der Waals surface area (Å²) in [7, 11) is -4.18. The predicted octanol–water partition coefficient (Wildman–Crippen LogP) is 5.86. The number of unbranched alkanes of at least 4 members (excludes halogenated alkanes) is 1. The molecule has 200 valence electrons. The van der Waals surface area contributed by atoms with Gasteiger partial charge in [-0.15, -0.1) is 11.3 Å². The Balaban J connectivity index is 1.92. The second-order valence-electron chi connectivity index (χ2n) is 9.33. The van der Waals surface area contributed by atoms with Crippen molar-refractivity contribution in [3.05, 3.63) is 59.0 Å². The van der Waals surface area contributed by atoms with Crippen LogP contribution < -0.4 is 4.72 Å². The number of aryl methyl sites for hydroxylation is 1. The summed E-state index contributed by atoms with van der Waals surface area (Å²) in [6, 6.07) is 8.78. The minimum absolute atomic E-state index is 0.0278. The molecule has 0 radical (unpaired) electrons. The zero-order chi connectivity index (χ0) is 27.0. The molecule has 0 fully saturated rings. The van der Waals surface area contributed by atoms with Gasteiger partial charge < -0.3 is 9.30 Å². The first-order chi connectivity index (χ1) is 17.6. The summed E-state index contributed by atoms with van der Waals surface area (Å²) in [6.07, 6.45) is 6.35. The fraction of sp³-hybridized carbons (Fsp3) is 0.444. The van der Waals surface area contributed by atoms with E-state index in [4.69, 9.17) is 4.74 Å². The number of ether oxygens (including phenoxy) is 1. The Kier molecular flexibility index (Phi) is 10.0. The molecular weight excluding hydrogens is 510 g/mol. The molecular formula is C27H35N3O5S2. The van der Waals surface area contributed by atoms with Crippen molar-refractivity contribution in [2.24, 2.45) is 5.92 Å². The summed E-state index contributed by atoms with van der Waals surface area (Å²) in [5.41, 5.74) is 1.52. The molecule has 3 rings (SSSR count). The summed E-state index contributed by atoms with van der Waals surface area (Å²) in [4.78, 5) is 30.5. The lowest BCUT2D eigenvalue weighted by molar-refractivity contribution is 0.0971. The van der Waals surface area contributed by atoms with Crippen LogP contribution in [0.1, 0.15) is 68.0 Å². The van der Waals surface area contributed by atoms with Gasteiger partial charge in [0.05, 0.1) is 13.2 Å². The second-order valence-corrected chi connectivity index (χ2v) is 12.3. The number of nitrogens with zero attached hydrogens (tertiary/aromatic N) is 2. The molecule has 0 bridgehead atoms. The van der Waals surface area contributed by atoms with Gasteiger partial charge in [-0.3, -0.25) is 4.79 Å². The Morgan fingerprint density at radius 3 is 2.65 bits per heavy atom. The van der Waals surface area contributed by atoms with Crippen LogP contribution in [0.5, 0.6) is 0 Å². The van der Waals surface area contributed by atoms with Crippen molar-refractivity contribution in [1.29, 1.82) is 0 Å². The van der Waals surface area contributed by atoms with E-state index in [-0.39, 0.29) is 23.1 Å². The molecule has 2 aromatic heterocycles. The number of carbonyl (C=O) groups excluding carboxylic acids is 2. The smallest absolute Gasteiger partial charge is 0.421 e. The zero-order valence-corrected chi connectivity index (χ0v) is 23.5. The maximum absolute atomic E-state index is 13.2. The third-order valence-corrected chi connectivity index (χ3v) is 8.64. The minimum Gasteiger partial charge on any atom is -0.449 e. The van der Waals surface area contributed by atoms with Gasteiger partial charge in [-0.1, -0.05) is 52.3 Å². The zero-order valence-electron chi connectivity index (χ0n) is 21.8. The third kappa shape index (κ3) is 7.75. The van der Waals surface area contributed by atoms with Crippen LogP contribution in [-0.2, 0) is 34.1 Å². The first-order valence-corrected chi connectivity index (χ1v) is 14.9. The highest BCUT2D eigenvalue weighted by Crippen LogP contribution is 2.36. The van der Waals surface area contributed by atoms with Crippen LogP contribution in [0.15, 0.2) is 46.9 Å². The van der Waals surface area contributed by atoms with Crippen molar-refractivity contribution in [2.75, 3.05) is 6.61 Å². The maximum Gasteiger partial charge on any atom is 0.421 e. The molecule has 0 aliphatic carbocycles. The van der Waals surface area contributed by atoms with Crippen molar-refractivity contribution in [3.8, 4) is 11.1 Å². The number of sulfonamides is 1. The van der Waals surface area contributed by atoms with Crippen LogP contribution in [0, 0.1) is 5.92 Å². The lowest BCUT2D eigenvalue weighted by Crippen LogP contribution is -2.31. The van der Waals surface area contributed by atoms with E-state index in [2.05, 4.69) is 25.8 Å². The first-order valence-electron chi connectivity index (χ1n) is 12.6. The summed E-state index contributed by atoms with van der Waals surface area (Å²) < 4.78 is 35.4. The standard InChI is InChI=1S/C27H35N3O5S2/c1-5-7-14-35-27(32)29-37(33,34)26-23(17-22(36-26)15-19(3)4)20-10-8-11-21(16-20)24(31)18-30-13-12-28-25(30)9-6-2/h8,10-13,16-17,19H,5-7,9,14-15,18H2,1-4H3,(H,29,32). The number of nitrogens with one attached hydrogen (secondary N) is 1. The molecule has 10 heteroatoms. The first kappa shape index (κ1) is 28.6. The molecule has 3 aromatic rings. The molecule has 0 saturated carbocycles. The Hall–Kier alpha value is -2.98. The number of hydrogen-bond acceptors (Lipinski definition) is 7. The predicted molar refractivity (Wildman–Crippen MR) is 145 cm³/mol. The molecule has 0 unspecified atom stereocenters. The van der Waals surface area contributed by atoms with E-state index in [1.807, 2.05) is 22.3 Å². The van der Waals surface area contributed by atoms with E-state index in [0.29, 0.717) is 35.4 Å². The van der Waals surface area contributed by atoms with E-state index in [9.17, 15) is 18.0 Å². The van der Waals surface area contributed by atoms with Crippen LogP contribution in [0.2, 0.25) is 0 Å². The topological polar surface area (TPSA) is 107 Å². The van der Waals surface area contributed by atoms with Crippen molar-refractivity contribution in [1.82, 2.24) is 14.3 Å². The van der Waals surface area contributed by atoms with Gasteiger partial charge in [0.15, 0.2) is 5.78 Å². The summed E-state index contributed by atoms with van der Waals surface area (Å²) in [5.74, 6) is 1.07. The van der Waals surface area contributed by atoms with Crippen LogP contribution in [0.4, 0.5) is 4.79 Å². The Labute approximate surface area is 223 Å². The molecule has 0 spiro atoms. The van der Waals surface area contributed by atoms with Crippen molar-refractivity contribution < 1.29 is 22.7 Å². The third-order valence-electron chi connectivity index (χ3n) is 5.64. The number of carbonyl (C=O) groups is 2. The highest BCUT2D eigenvalue weighted by atomic mass is 32.2. The molecule has 0 atom stereocenters. The lowest BCUT2D eigenvalue weighted by atomic mass is 10.0. The van der Waals surface area contributed by atoms with E-state index in [0.717, 1.165) is 41.3 Å². The van der Waals surface area contributed by atoms with Gasteiger partial charge in [0, 0.05) is 34.8 Å². The number of hydrogen-bond donors (Lipinski definition) is 1. The van der Waals surface area contributed by atoms with E-state index in [1.54, 1.807) is 36.7 Å². The van der Waals surface area contributed by atoms with Crippen LogP contribution >= 0.6 is 11.3 Å². The van der Waals surface area contributed by atoms with Gasteiger partial charge in [0.2, 0.25) is 0 Å². The van der Waals surface area contributed by atoms with Gasteiger partial charge in [-0.05, 0) is 42.9 Å². The van der Waals surface area contributed by atoms with Crippen LogP contribution in [0.25, 0.3) is 11.1 Å². The summed E-state index contributed by atoms with van der Waals surface area (Å²) in [6.45, 7) is 8.42. The second kappa shape index (κ2) is 13.0. The normalized spacial score (nSPS) is 11.6. The van der Waals surface area contributed by atoms with Gasteiger partial charge in [-0.2, -0.15) is 0 Å². The molecule has 37 heavy (non-hydrogen) atoms. The molecule has 0 saturated heterocycles. The average Bonchev–Trinajstić information content (AvgIpc) is 3.46. The van der Waals surface area contributed by atoms with Crippen LogP contribution in [0.3, 0.4) is 0 Å². The minimum atomic E-state index is -4.18. The van der Waals surface area contributed by atoms with Gasteiger partial charge in [-0.25, -0.2) is 22.9 Å². The molecule has 1 amide bonds. The van der Waals surface area contributed by atoms with Crippen molar-refractivity contribution >= 4 is 33.2 Å². The largest absolute Gasteiger partial charge is 0.449 e. The average molecular weight is 546 g/mol. The molecule has 0 aliphatic rings. The van der Waals surface area contributed by atoms with Crippen LogP contribution in [-0.4, -0.2) is 36.5 Å². The number of aromatic nitrogens is 2. The quantitative estimate of drug-likeness (QED) is 0.213.